The first-order chi connectivity index (χ1) is 18.8. The summed E-state index contributed by atoms with van der Waals surface area (Å²) in [5.41, 5.74) is 5.22. The smallest absolute Gasteiger partial charge is 0.311 e. The summed E-state index contributed by atoms with van der Waals surface area (Å²) in [6.07, 6.45) is -0.146. The van der Waals surface area contributed by atoms with Crippen LogP contribution in [0.5, 0.6) is 0 Å². The molecule has 4 rings (SSSR count). The average Bonchev–Trinajstić information content (AvgIpc) is 3.29. The maximum Gasteiger partial charge on any atom is 0.311 e. The minimum absolute atomic E-state index is 0.0636. The molecule has 3 aromatic rings. The van der Waals surface area contributed by atoms with E-state index in [4.69, 9.17) is 4.74 Å². The number of benzene rings is 3. The van der Waals surface area contributed by atoms with Gasteiger partial charge in [0.05, 0.1) is 18.4 Å². The number of anilines is 2. The van der Waals surface area contributed by atoms with Crippen LogP contribution in [0.4, 0.5) is 11.4 Å². The maximum absolute atomic E-state index is 13.3. The average molecular weight is 529 g/mol. The summed E-state index contributed by atoms with van der Waals surface area (Å²) in [6, 6.07) is 24.8. The summed E-state index contributed by atoms with van der Waals surface area (Å²) in [5, 5.41) is 6.34. The van der Waals surface area contributed by atoms with Crippen molar-refractivity contribution < 1.29 is 28.7 Å². The third-order valence-electron chi connectivity index (χ3n) is 6.07. The van der Waals surface area contributed by atoms with Crippen molar-refractivity contribution in [3.63, 3.8) is 0 Å². The van der Waals surface area contributed by atoms with Crippen molar-refractivity contribution in [2.24, 2.45) is 5.92 Å². The number of carbonyl (C=O) groups excluding carboxylic acids is 5. The summed E-state index contributed by atoms with van der Waals surface area (Å²) in [6.45, 7) is 0.792. The molecular weight excluding hydrogens is 500 g/mol. The third kappa shape index (κ3) is 7.29. The normalized spacial score (nSPS) is 14.6. The predicted molar refractivity (Wildman–Crippen MR) is 143 cm³/mol. The monoisotopic (exact) mass is 528 g/mol. The highest BCUT2D eigenvalue weighted by molar-refractivity contribution is 5.95. The molecule has 3 N–H and O–H groups in total. The van der Waals surface area contributed by atoms with E-state index in [1.807, 2.05) is 60.7 Å². The lowest BCUT2D eigenvalue weighted by Gasteiger charge is -2.23. The van der Waals surface area contributed by atoms with Crippen molar-refractivity contribution >= 4 is 41.0 Å². The molecule has 0 spiro atoms. The van der Waals surface area contributed by atoms with Crippen molar-refractivity contribution in [3.05, 3.63) is 96.1 Å². The van der Waals surface area contributed by atoms with E-state index in [0.29, 0.717) is 11.4 Å². The summed E-state index contributed by atoms with van der Waals surface area (Å²) in [4.78, 5) is 61.8. The number of hydrogen-bond acceptors (Lipinski definition) is 6. The molecule has 39 heavy (non-hydrogen) atoms. The van der Waals surface area contributed by atoms with E-state index in [1.165, 1.54) is 6.92 Å². The molecule has 0 aromatic heterocycles. The van der Waals surface area contributed by atoms with Crippen LogP contribution in [0.3, 0.4) is 0 Å². The molecule has 0 unspecified atom stereocenters. The Balaban J connectivity index is 1.30. The molecule has 4 amide bonds. The molecule has 10 nitrogen and oxygen atoms in total. The minimum atomic E-state index is -0.825. The minimum Gasteiger partial charge on any atom is -0.455 e. The predicted octanol–water partition coefficient (Wildman–Crippen LogP) is 2.84. The molecule has 0 aliphatic carbocycles. The van der Waals surface area contributed by atoms with E-state index in [9.17, 15) is 24.0 Å². The number of ether oxygens (including phenoxy) is 1. The molecule has 1 aliphatic rings. The third-order valence-corrected chi connectivity index (χ3v) is 6.07. The van der Waals surface area contributed by atoms with Crippen LogP contribution in [0.2, 0.25) is 0 Å². The molecule has 1 atom stereocenters. The van der Waals surface area contributed by atoms with Crippen LogP contribution in [-0.2, 0) is 28.7 Å². The number of esters is 1. The standard InChI is InChI=1S/C29H28N4O6/c1-19(34)30-23-12-14-24(15-13-23)31-25(35)18-39-29(38)22-16-26(36)33(17-22)32-28(37)27(20-8-4-2-5-9-20)21-10-6-3-7-11-21/h2-15,22,27H,16-18H2,1H3,(H,30,34)(H,31,35)(H,32,37)/t22-/m0/s1. The molecule has 200 valence electrons. The summed E-state index contributed by atoms with van der Waals surface area (Å²) < 4.78 is 5.12. The number of hydrogen-bond donors (Lipinski definition) is 3. The van der Waals surface area contributed by atoms with Crippen molar-refractivity contribution in [1.29, 1.82) is 0 Å². The van der Waals surface area contributed by atoms with Crippen LogP contribution in [-0.4, -0.2) is 47.8 Å². The quantitative estimate of drug-likeness (QED) is 0.366. The van der Waals surface area contributed by atoms with E-state index in [2.05, 4.69) is 16.1 Å². The Labute approximate surface area is 225 Å². The van der Waals surface area contributed by atoms with E-state index < -0.39 is 42.1 Å². The topological polar surface area (TPSA) is 134 Å². The van der Waals surface area contributed by atoms with Crippen molar-refractivity contribution in [3.8, 4) is 0 Å². The van der Waals surface area contributed by atoms with Gasteiger partial charge in [0.1, 0.15) is 0 Å². The zero-order chi connectivity index (χ0) is 27.8. The Morgan fingerprint density at radius 1 is 0.846 bits per heavy atom. The van der Waals surface area contributed by atoms with Crippen molar-refractivity contribution in [2.45, 2.75) is 19.3 Å². The number of nitrogens with one attached hydrogen (secondary N) is 3. The Morgan fingerprint density at radius 2 is 1.38 bits per heavy atom. The van der Waals surface area contributed by atoms with Crippen molar-refractivity contribution in [2.75, 3.05) is 23.8 Å². The van der Waals surface area contributed by atoms with Crippen LogP contribution in [0.1, 0.15) is 30.4 Å². The van der Waals surface area contributed by atoms with Crippen LogP contribution < -0.4 is 16.1 Å². The number of nitrogens with zero attached hydrogens (tertiary/aromatic N) is 1. The molecule has 10 heteroatoms. The zero-order valence-corrected chi connectivity index (χ0v) is 21.3. The fourth-order valence-electron chi connectivity index (χ4n) is 4.25. The molecule has 1 saturated heterocycles. The molecule has 1 fully saturated rings. The SMILES string of the molecule is CC(=O)Nc1ccc(NC(=O)COC(=O)[C@H]2CC(=O)N(NC(=O)C(c3ccccc3)c3ccccc3)C2)cc1. The van der Waals surface area contributed by atoms with Gasteiger partial charge in [-0.25, -0.2) is 0 Å². The van der Waals surface area contributed by atoms with Gasteiger partial charge in [-0.05, 0) is 35.4 Å². The number of hydrazine groups is 1. The van der Waals surface area contributed by atoms with Gasteiger partial charge in [0.2, 0.25) is 11.8 Å². The summed E-state index contributed by atoms with van der Waals surface area (Å²) in [7, 11) is 0. The molecule has 3 aromatic carbocycles. The van der Waals surface area contributed by atoms with Gasteiger partial charge in [0.25, 0.3) is 11.8 Å². The lowest BCUT2D eigenvalue weighted by molar-refractivity contribution is -0.151. The molecular formula is C29H28N4O6. The van der Waals surface area contributed by atoms with Gasteiger partial charge >= 0.3 is 5.97 Å². The van der Waals surface area contributed by atoms with Crippen LogP contribution in [0, 0.1) is 5.92 Å². The van der Waals surface area contributed by atoms with Crippen LogP contribution in [0.25, 0.3) is 0 Å². The van der Waals surface area contributed by atoms with Crippen molar-refractivity contribution in [1.82, 2.24) is 10.4 Å². The highest BCUT2D eigenvalue weighted by atomic mass is 16.5. The Morgan fingerprint density at radius 3 is 1.92 bits per heavy atom. The van der Waals surface area contributed by atoms with E-state index in [-0.39, 0.29) is 18.9 Å². The Kier molecular flexibility index (Phi) is 8.67. The largest absolute Gasteiger partial charge is 0.455 e. The first kappa shape index (κ1) is 27.1. The van der Waals surface area contributed by atoms with Crippen LogP contribution >= 0.6 is 0 Å². The Hall–Kier alpha value is -4.99. The number of amides is 4. The molecule has 0 bridgehead atoms. The second kappa shape index (κ2) is 12.5. The zero-order valence-electron chi connectivity index (χ0n) is 21.3. The van der Waals surface area contributed by atoms with Gasteiger partial charge in [-0.1, -0.05) is 60.7 Å². The van der Waals surface area contributed by atoms with Gasteiger partial charge in [-0.2, -0.15) is 0 Å². The lowest BCUT2D eigenvalue weighted by atomic mass is 9.91. The van der Waals surface area contributed by atoms with Gasteiger partial charge in [0.15, 0.2) is 6.61 Å². The molecule has 0 radical (unpaired) electrons. The lowest BCUT2D eigenvalue weighted by Crippen LogP contribution is -2.45. The summed E-state index contributed by atoms with van der Waals surface area (Å²) >= 11 is 0. The number of carbonyl (C=O) groups is 5. The first-order valence-corrected chi connectivity index (χ1v) is 12.3. The fraction of sp³-hybridized carbons (Fsp3) is 0.207. The molecule has 1 heterocycles. The molecule has 1 aliphatic heterocycles. The fourth-order valence-corrected chi connectivity index (χ4v) is 4.25. The van der Waals surface area contributed by atoms with E-state index in [0.717, 1.165) is 16.1 Å². The highest BCUT2D eigenvalue weighted by Gasteiger charge is 2.37. The highest BCUT2D eigenvalue weighted by Crippen LogP contribution is 2.26. The van der Waals surface area contributed by atoms with Gasteiger partial charge < -0.3 is 15.4 Å². The molecule has 0 saturated carbocycles. The van der Waals surface area contributed by atoms with E-state index in [1.54, 1.807) is 24.3 Å². The van der Waals surface area contributed by atoms with Gasteiger partial charge in [-0.3, -0.25) is 34.4 Å². The second-order valence-electron chi connectivity index (χ2n) is 9.05. The van der Waals surface area contributed by atoms with E-state index >= 15 is 0 Å². The van der Waals surface area contributed by atoms with Gasteiger partial charge in [-0.15, -0.1) is 0 Å². The van der Waals surface area contributed by atoms with Crippen LogP contribution in [0.15, 0.2) is 84.9 Å². The second-order valence-corrected chi connectivity index (χ2v) is 9.05. The number of rotatable bonds is 9. The summed E-state index contributed by atoms with van der Waals surface area (Å²) in [5.74, 6) is -3.78. The first-order valence-electron chi connectivity index (χ1n) is 12.3. The van der Waals surface area contributed by atoms with Gasteiger partial charge in [0, 0.05) is 24.7 Å². The maximum atomic E-state index is 13.3. The Bertz CT molecular complexity index is 1310.